The normalized spacial score (nSPS) is 11.6. The third-order valence-electron chi connectivity index (χ3n) is 1.08. The van der Waals surface area contributed by atoms with Crippen molar-refractivity contribution in [1.29, 1.82) is 0 Å². The molecule has 0 bridgehead atoms. The van der Waals surface area contributed by atoms with Crippen LogP contribution in [0.25, 0.3) is 0 Å². The summed E-state index contributed by atoms with van der Waals surface area (Å²) in [6, 6.07) is 0. The maximum atomic E-state index is 11.6. The van der Waals surface area contributed by atoms with Crippen molar-refractivity contribution >= 4 is 11.9 Å². The van der Waals surface area contributed by atoms with E-state index in [1.807, 2.05) is 5.32 Å². The van der Waals surface area contributed by atoms with Gasteiger partial charge in [0.05, 0.1) is 6.42 Å². The molecule has 7 heteroatoms. The van der Waals surface area contributed by atoms with Gasteiger partial charge in [-0.05, 0) is 0 Å². The van der Waals surface area contributed by atoms with Crippen LogP contribution in [0.1, 0.15) is 6.42 Å². The topological polar surface area (TPSA) is 66.4 Å². The second-order valence-electron chi connectivity index (χ2n) is 2.33. The van der Waals surface area contributed by atoms with Gasteiger partial charge in [-0.15, -0.1) is 0 Å². The highest BCUT2D eigenvalue weighted by molar-refractivity contribution is 5.93. The summed E-state index contributed by atoms with van der Waals surface area (Å²) >= 11 is 0. The number of carbonyl (C=O) groups excluding carboxylic acids is 1. The van der Waals surface area contributed by atoms with Gasteiger partial charge in [0.2, 0.25) is 5.91 Å². The maximum Gasteiger partial charge on any atom is 0.390 e. The molecule has 0 aromatic rings. The van der Waals surface area contributed by atoms with Gasteiger partial charge in [0.25, 0.3) is 0 Å². The van der Waals surface area contributed by atoms with Crippen LogP contribution in [-0.2, 0) is 9.59 Å². The molecule has 14 heavy (non-hydrogen) atoms. The Hall–Kier alpha value is -1.53. The summed E-state index contributed by atoms with van der Waals surface area (Å²) < 4.78 is 34.7. The highest BCUT2D eigenvalue weighted by Gasteiger charge is 2.26. The third kappa shape index (κ3) is 8.57. The molecule has 4 nitrogen and oxygen atoms in total. The number of rotatable bonds is 4. The Morgan fingerprint density at radius 2 is 1.86 bits per heavy atom. The first-order valence-electron chi connectivity index (χ1n) is 3.57. The molecule has 0 atom stereocenters. The van der Waals surface area contributed by atoms with Gasteiger partial charge in [-0.25, -0.2) is 4.79 Å². The van der Waals surface area contributed by atoms with E-state index in [1.165, 1.54) is 0 Å². The van der Waals surface area contributed by atoms with E-state index in [0.717, 1.165) is 0 Å². The van der Waals surface area contributed by atoms with E-state index in [9.17, 15) is 22.8 Å². The molecule has 0 rings (SSSR count). The standard InChI is InChI=1S/C7H8F3NO3/c8-7(9,10)3-4-11-5(12)1-2-6(13)14/h1-2H,3-4H2,(H,11,12)(H,13,14). The van der Waals surface area contributed by atoms with Crippen molar-refractivity contribution in [1.82, 2.24) is 5.32 Å². The third-order valence-corrected chi connectivity index (χ3v) is 1.08. The fourth-order valence-corrected chi connectivity index (χ4v) is 0.533. The molecular formula is C7H8F3NO3. The number of hydrogen-bond acceptors (Lipinski definition) is 2. The van der Waals surface area contributed by atoms with Crippen molar-refractivity contribution in [2.24, 2.45) is 0 Å². The zero-order valence-corrected chi connectivity index (χ0v) is 6.97. The van der Waals surface area contributed by atoms with Gasteiger partial charge < -0.3 is 10.4 Å². The Morgan fingerprint density at radius 1 is 1.29 bits per heavy atom. The van der Waals surface area contributed by atoms with E-state index in [2.05, 4.69) is 0 Å². The fourth-order valence-electron chi connectivity index (χ4n) is 0.533. The van der Waals surface area contributed by atoms with E-state index in [-0.39, 0.29) is 0 Å². The van der Waals surface area contributed by atoms with Crippen molar-refractivity contribution < 1.29 is 27.9 Å². The monoisotopic (exact) mass is 211 g/mol. The van der Waals surface area contributed by atoms with Gasteiger partial charge in [-0.2, -0.15) is 13.2 Å². The molecule has 0 fully saturated rings. The van der Waals surface area contributed by atoms with E-state index in [1.54, 1.807) is 0 Å². The van der Waals surface area contributed by atoms with Crippen molar-refractivity contribution in [3.63, 3.8) is 0 Å². The van der Waals surface area contributed by atoms with Crippen LogP contribution in [0.4, 0.5) is 13.2 Å². The zero-order valence-electron chi connectivity index (χ0n) is 6.97. The van der Waals surface area contributed by atoms with Crippen LogP contribution in [-0.4, -0.2) is 29.7 Å². The molecule has 0 radical (unpaired) electrons. The van der Waals surface area contributed by atoms with Gasteiger partial charge in [-0.3, -0.25) is 4.79 Å². The molecule has 0 heterocycles. The average molecular weight is 211 g/mol. The lowest BCUT2D eigenvalue weighted by atomic mass is 10.4. The predicted octanol–water partition coefficient (Wildman–Crippen LogP) is 0.696. The highest BCUT2D eigenvalue weighted by Crippen LogP contribution is 2.17. The van der Waals surface area contributed by atoms with Gasteiger partial charge in [0, 0.05) is 18.7 Å². The number of nitrogens with one attached hydrogen (secondary N) is 1. The van der Waals surface area contributed by atoms with Crippen LogP contribution in [0, 0.1) is 0 Å². The van der Waals surface area contributed by atoms with Crippen LogP contribution in [0.3, 0.4) is 0 Å². The van der Waals surface area contributed by atoms with Gasteiger partial charge in [0.15, 0.2) is 0 Å². The highest BCUT2D eigenvalue weighted by atomic mass is 19.4. The van der Waals surface area contributed by atoms with Crippen LogP contribution in [0.15, 0.2) is 12.2 Å². The summed E-state index contributed by atoms with van der Waals surface area (Å²) in [5.41, 5.74) is 0. The molecule has 0 spiro atoms. The minimum atomic E-state index is -4.33. The molecule has 0 aliphatic carbocycles. The summed E-state index contributed by atoms with van der Waals surface area (Å²) in [7, 11) is 0. The molecule has 0 aliphatic rings. The van der Waals surface area contributed by atoms with Crippen LogP contribution in [0.5, 0.6) is 0 Å². The Labute approximate surface area is 77.4 Å². The number of carbonyl (C=O) groups is 2. The summed E-state index contributed by atoms with van der Waals surface area (Å²) in [5, 5.41) is 9.96. The lowest BCUT2D eigenvalue weighted by molar-refractivity contribution is -0.135. The number of alkyl halides is 3. The van der Waals surface area contributed by atoms with Gasteiger partial charge in [0.1, 0.15) is 0 Å². The number of amides is 1. The number of halogens is 3. The first-order valence-corrected chi connectivity index (χ1v) is 3.57. The van der Waals surface area contributed by atoms with Crippen LogP contribution >= 0.6 is 0 Å². The lowest BCUT2D eigenvalue weighted by Gasteiger charge is -2.05. The Balaban J connectivity index is 3.71. The maximum absolute atomic E-state index is 11.6. The van der Waals surface area contributed by atoms with E-state index < -0.39 is 31.0 Å². The Morgan fingerprint density at radius 3 is 2.29 bits per heavy atom. The van der Waals surface area contributed by atoms with Crippen molar-refractivity contribution in [3.05, 3.63) is 12.2 Å². The molecule has 0 saturated carbocycles. The zero-order chi connectivity index (χ0) is 11.2. The summed E-state index contributed by atoms with van der Waals surface area (Å²) in [6.45, 7) is -0.563. The molecule has 0 aliphatic heterocycles. The molecular weight excluding hydrogens is 203 g/mol. The average Bonchev–Trinajstić information content (AvgIpc) is 1.98. The minimum Gasteiger partial charge on any atom is -0.478 e. The van der Waals surface area contributed by atoms with Crippen LogP contribution in [0.2, 0.25) is 0 Å². The number of aliphatic carboxylic acids is 1. The Bertz CT molecular complexity index is 247. The lowest BCUT2D eigenvalue weighted by Crippen LogP contribution is -2.26. The molecule has 80 valence electrons. The first-order chi connectivity index (χ1) is 6.31. The van der Waals surface area contributed by atoms with Gasteiger partial charge >= 0.3 is 12.1 Å². The molecule has 0 aromatic carbocycles. The SMILES string of the molecule is O=C(O)C=CC(=O)NCCC(F)(F)F. The van der Waals surface area contributed by atoms with Crippen LogP contribution < -0.4 is 5.32 Å². The van der Waals surface area contributed by atoms with Crippen molar-refractivity contribution in [2.45, 2.75) is 12.6 Å². The fraction of sp³-hybridized carbons (Fsp3) is 0.429. The Kier molecular flexibility index (Phi) is 4.68. The molecule has 1 amide bonds. The molecule has 0 unspecified atom stereocenters. The molecule has 0 aromatic heterocycles. The summed E-state index contributed by atoms with van der Waals surface area (Å²) in [5.74, 6) is -2.20. The largest absolute Gasteiger partial charge is 0.478 e. The van der Waals surface area contributed by atoms with Crippen molar-refractivity contribution in [2.75, 3.05) is 6.54 Å². The molecule has 2 N–H and O–H groups in total. The van der Waals surface area contributed by atoms with E-state index in [4.69, 9.17) is 5.11 Å². The summed E-state index contributed by atoms with van der Waals surface area (Å²) in [4.78, 5) is 20.5. The second-order valence-corrected chi connectivity index (χ2v) is 2.33. The minimum absolute atomic E-state index is 0.545. The first kappa shape index (κ1) is 12.5. The second kappa shape index (κ2) is 5.25. The number of carboxylic acid groups (broad SMARTS) is 1. The van der Waals surface area contributed by atoms with Crippen molar-refractivity contribution in [3.8, 4) is 0 Å². The quantitative estimate of drug-likeness (QED) is 0.672. The van der Waals surface area contributed by atoms with Gasteiger partial charge in [-0.1, -0.05) is 0 Å². The predicted molar refractivity (Wildman–Crippen MR) is 40.5 cm³/mol. The van der Waals surface area contributed by atoms with E-state index >= 15 is 0 Å². The summed E-state index contributed by atoms with van der Waals surface area (Å²) in [6.07, 6.45) is -4.27. The molecule has 0 saturated heterocycles. The van der Waals surface area contributed by atoms with E-state index in [0.29, 0.717) is 12.2 Å². The number of carboxylic acids is 1. The number of hydrogen-bond donors (Lipinski definition) is 2. The smallest absolute Gasteiger partial charge is 0.390 e.